The number of halogens is 4. The second-order valence-electron chi connectivity index (χ2n) is 18.1. The average molecular weight is 1030 g/mol. The lowest BCUT2D eigenvalue weighted by molar-refractivity contribution is -0.144. The third kappa shape index (κ3) is 12.6. The van der Waals surface area contributed by atoms with Gasteiger partial charge in [-0.3, -0.25) is 24.1 Å². The summed E-state index contributed by atoms with van der Waals surface area (Å²) in [6.45, 7) is 7.32. The molecule has 2 fully saturated rings. The Kier molecular flexibility index (Phi) is 16.7. The number of carbonyl (C=O) groups excluding carboxylic acids is 4. The van der Waals surface area contributed by atoms with E-state index in [0.29, 0.717) is 17.4 Å². The second kappa shape index (κ2) is 22.7. The van der Waals surface area contributed by atoms with E-state index in [-0.39, 0.29) is 81.1 Å². The number of carbonyl (C=O) groups is 4. The molecule has 21 heteroatoms. The zero-order valence-corrected chi connectivity index (χ0v) is 41.3. The molecule has 3 atom stereocenters. The number of β-amino-alcohol motifs (C(OH)–C–C–N with tert-alkyl or cyclic N) is 1. The van der Waals surface area contributed by atoms with Crippen LogP contribution in [0.3, 0.4) is 0 Å². The van der Waals surface area contributed by atoms with E-state index >= 15 is 4.39 Å². The van der Waals surface area contributed by atoms with Gasteiger partial charge in [-0.1, -0.05) is 57.2 Å². The summed E-state index contributed by atoms with van der Waals surface area (Å²) in [5.74, 6) is -2.24. The number of hydrogen-bond donors (Lipinski definition) is 3. The first kappa shape index (κ1) is 53.0. The molecule has 2 aliphatic rings. The van der Waals surface area contributed by atoms with E-state index in [1.807, 2.05) is 31.2 Å². The monoisotopic (exact) mass is 1030 g/mol. The predicted molar refractivity (Wildman–Crippen MR) is 264 cm³/mol. The number of aryl methyl sites for hydroxylation is 1. The van der Waals surface area contributed by atoms with Crippen LogP contribution in [0.2, 0.25) is 0 Å². The van der Waals surface area contributed by atoms with Crippen LogP contribution in [0.25, 0.3) is 21.6 Å². The molecular formula is C51H51F4N7O8S2. The fraction of sp³-hybridized carbons (Fsp3) is 0.353. The number of amides is 4. The van der Waals surface area contributed by atoms with Crippen molar-refractivity contribution in [3.8, 4) is 33.4 Å². The van der Waals surface area contributed by atoms with Gasteiger partial charge in [0.1, 0.15) is 43.4 Å². The summed E-state index contributed by atoms with van der Waals surface area (Å²) >= 11 is 6.99. The highest BCUT2D eigenvalue weighted by Crippen LogP contribution is 2.37. The number of alkyl halides is 3. The molecule has 72 heavy (non-hydrogen) atoms. The Balaban J connectivity index is 0.818. The molecule has 0 unspecified atom stereocenters. The Morgan fingerprint density at radius 3 is 2.28 bits per heavy atom. The molecule has 0 saturated carbocycles. The van der Waals surface area contributed by atoms with E-state index in [0.717, 1.165) is 32.7 Å². The number of rotatable bonds is 18. The normalized spacial score (nSPS) is 16.5. The predicted octanol–water partition coefficient (Wildman–Crippen LogP) is 7.17. The van der Waals surface area contributed by atoms with Crippen molar-refractivity contribution in [3.05, 3.63) is 119 Å². The van der Waals surface area contributed by atoms with Crippen LogP contribution in [0.15, 0.2) is 90.4 Å². The quantitative estimate of drug-likeness (QED) is 0.0457. The fourth-order valence-corrected chi connectivity index (χ4v) is 9.37. The minimum absolute atomic E-state index is 0.0581. The molecule has 7 rings (SSSR count). The molecule has 0 aliphatic carbocycles. The van der Waals surface area contributed by atoms with Crippen LogP contribution in [-0.2, 0) is 41.4 Å². The number of aliphatic hydroxyl groups is 1. The molecule has 5 aromatic rings. The lowest BCUT2D eigenvalue weighted by atomic mass is 9.85. The third-order valence-electron chi connectivity index (χ3n) is 11.9. The van der Waals surface area contributed by atoms with E-state index in [1.165, 1.54) is 40.1 Å². The maximum atomic E-state index is 15.5. The van der Waals surface area contributed by atoms with Crippen LogP contribution < -0.4 is 25.2 Å². The van der Waals surface area contributed by atoms with Gasteiger partial charge in [-0.25, -0.2) is 9.37 Å². The van der Waals surface area contributed by atoms with Crippen LogP contribution in [0.4, 0.5) is 28.9 Å². The molecule has 0 spiro atoms. The highest BCUT2D eigenvalue weighted by atomic mass is 32.1. The maximum Gasteiger partial charge on any atom is 0.417 e. The Morgan fingerprint density at radius 1 is 0.944 bits per heavy atom. The summed E-state index contributed by atoms with van der Waals surface area (Å²) in [5.41, 5.74) is 2.85. The third-order valence-corrected chi connectivity index (χ3v) is 13.3. The molecule has 378 valence electrons. The van der Waals surface area contributed by atoms with E-state index < -0.39 is 70.4 Å². The summed E-state index contributed by atoms with van der Waals surface area (Å²) in [4.78, 5) is 62.3. The Bertz CT molecular complexity index is 2850. The summed E-state index contributed by atoms with van der Waals surface area (Å²) in [6, 6.07) is 21.0. The largest absolute Gasteiger partial charge is 0.491 e. The first-order valence-electron chi connectivity index (χ1n) is 22.7. The molecule has 1 aromatic heterocycles. The van der Waals surface area contributed by atoms with Crippen LogP contribution in [0.1, 0.15) is 49.6 Å². The SMILES string of the molecule is Cc1ncsc1-c1ccc(CNC(=O)[C@@H]2C[C@@H](O)CN2C(=O)[C@@H](NC(=O)COCCOCCOc2ccc(-c3ccc(N4CC(=O)N(c5ccc(C#N)c(C(F)(F)F)c5)C4=S)cc3F)cc2)C(C)(C)C)cc1. The number of aromatic nitrogens is 1. The number of nitriles is 1. The molecule has 0 radical (unpaired) electrons. The van der Waals surface area contributed by atoms with Gasteiger partial charge in [0, 0.05) is 30.8 Å². The van der Waals surface area contributed by atoms with Gasteiger partial charge < -0.3 is 39.8 Å². The van der Waals surface area contributed by atoms with Gasteiger partial charge >= 0.3 is 6.18 Å². The standard InChI is InChI=1S/C51H51F4N7O8S2/c1-30-45(72-29-58-30)33-7-5-31(6-8-33)25-57-47(66)42-23-37(63)26-61(42)48(67)46(50(2,3)4)59-43(64)28-69-18-17-68-19-20-70-38-14-10-32(11-15-38)39-16-13-35(22-41(39)52)60-27-44(65)62(49(60)71)36-12-9-34(24-56)40(21-36)51(53,54)55/h5-16,21-22,29,37,42,46,63H,17-20,23,25-28H2,1-4H3,(H,57,66)(H,59,64)/t37-,42+,46-/m1/s1. The van der Waals surface area contributed by atoms with Crippen LogP contribution in [0, 0.1) is 29.5 Å². The highest BCUT2D eigenvalue weighted by molar-refractivity contribution is 7.81. The first-order valence-corrected chi connectivity index (χ1v) is 24.0. The number of benzene rings is 4. The molecule has 0 bridgehead atoms. The summed E-state index contributed by atoms with van der Waals surface area (Å²) in [7, 11) is 0. The molecule has 4 amide bonds. The molecular weight excluding hydrogens is 979 g/mol. The number of likely N-dealkylation sites (tertiary alicyclic amines) is 1. The number of anilines is 2. The maximum absolute atomic E-state index is 15.5. The number of aliphatic hydroxyl groups excluding tert-OH is 1. The number of thiazole rings is 1. The molecule has 2 saturated heterocycles. The smallest absolute Gasteiger partial charge is 0.417 e. The van der Waals surface area contributed by atoms with Crippen molar-refractivity contribution in [3.63, 3.8) is 0 Å². The number of ether oxygens (including phenoxy) is 3. The Labute approximate surface area is 422 Å². The second-order valence-corrected chi connectivity index (χ2v) is 19.3. The zero-order chi connectivity index (χ0) is 51.9. The minimum Gasteiger partial charge on any atom is -0.491 e. The van der Waals surface area contributed by atoms with Crippen molar-refractivity contribution in [2.75, 3.05) is 55.9 Å². The zero-order valence-electron chi connectivity index (χ0n) is 39.6. The number of nitrogens with zero attached hydrogens (tertiary/aromatic N) is 5. The van der Waals surface area contributed by atoms with Gasteiger partial charge in [-0.15, -0.1) is 11.3 Å². The molecule has 2 aliphatic heterocycles. The van der Waals surface area contributed by atoms with Crippen molar-refractivity contribution in [2.45, 2.75) is 65.0 Å². The van der Waals surface area contributed by atoms with Gasteiger partial charge in [-0.2, -0.15) is 18.4 Å². The highest BCUT2D eigenvalue weighted by Gasteiger charge is 2.45. The van der Waals surface area contributed by atoms with Crippen molar-refractivity contribution in [1.82, 2.24) is 20.5 Å². The van der Waals surface area contributed by atoms with Crippen LogP contribution >= 0.6 is 23.6 Å². The average Bonchev–Trinajstić information content (AvgIpc) is 4.05. The van der Waals surface area contributed by atoms with Gasteiger partial charge in [0.15, 0.2) is 5.11 Å². The van der Waals surface area contributed by atoms with Crippen molar-refractivity contribution in [2.24, 2.45) is 5.41 Å². The van der Waals surface area contributed by atoms with E-state index in [9.17, 15) is 37.5 Å². The lowest BCUT2D eigenvalue weighted by Crippen LogP contribution is -2.58. The number of hydrogen-bond acceptors (Lipinski definition) is 12. The van der Waals surface area contributed by atoms with E-state index in [2.05, 4.69) is 15.6 Å². The van der Waals surface area contributed by atoms with Crippen molar-refractivity contribution >= 4 is 63.7 Å². The van der Waals surface area contributed by atoms with Crippen molar-refractivity contribution in [1.29, 1.82) is 5.26 Å². The number of thiocarbonyl (C=S) groups is 1. The molecule has 15 nitrogen and oxygen atoms in total. The van der Waals surface area contributed by atoms with Gasteiger partial charge in [0.05, 0.1) is 64.9 Å². The summed E-state index contributed by atoms with van der Waals surface area (Å²) in [5, 5.41) is 25.2. The molecule has 3 heterocycles. The first-order chi connectivity index (χ1) is 34.2. The number of nitrogens with one attached hydrogen (secondary N) is 2. The molecule has 4 aromatic carbocycles. The van der Waals surface area contributed by atoms with Gasteiger partial charge in [0.25, 0.3) is 5.91 Å². The van der Waals surface area contributed by atoms with Gasteiger partial charge in [0.2, 0.25) is 17.7 Å². The Hall–Kier alpha value is -6.83. The topological polar surface area (TPSA) is 187 Å². The van der Waals surface area contributed by atoms with E-state index in [4.69, 9.17) is 31.7 Å². The van der Waals surface area contributed by atoms with Crippen LogP contribution in [-0.4, -0.2) is 108 Å². The fourth-order valence-electron chi connectivity index (χ4n) is 8.18. The van der Waals surface area contributed by atoms with Gasteiger partial charge in [-0.05, 0) is 89.8 Å². The van der Waals surface area contributed by atoms with Crippen LogP contribution in [0.5, 0.6) is 5.75 Å². The Morgan fingerprint density at radius 2 is 1.62 bits per heavy atom. The lowest BCUT2D eigenvalue weighted by Gasteiger charge is -2.35. The van der Waals surface area contributed by atoms with E-state index in [1.54, 1.807) is 61.9 Å². The molecule has 3 N–H and O–H groups in total. The minimum atomic E-state index is -4.84. The summed E-state index contributed by atoms with van der Waals surface area (Å²) in [6.07, 6.45) is -5.69. The summed E-state index contributed by atoms with van der Waals surface area (Å²) < 4.78 is 73.2. The van der Waals surface area contributed by atoms with Crippen molar-refractivity contribution < 1.29 is 56.1 Å².